The van der Waals surface area contributed by atoms with Crippen molar-refractivity contribution >= 4 is 44.4 Å². The van der Waals surface area contributed by atoms with Crippen LogP contribution in [0.25, 0.3) is 11.0 Å². The number of hydrogen-bond acceptors (Lipinski definition) is 8. The molecule has 2 aliphatic rings. The Kier molecular flexibility index (Phi) is 7.11. The molecule has 1 saturated heterocycles. The van der Waals surface area contributed by atoms with Crippen molar-refractivity contribution in [2.45, 2.75) is 22.6 Å². The van der Waals surface area contributed by atoms with Gasteiger partial charge in [-0.3, -0.25) is 9.78 Å². The number of nitrogens with one attached hydrogen (secondary N) is 2. The van der Waals surface area contributed by atoms with E-state index < -0.39 is 15.8 Å². The molecule has 2 aromatic heterocycles. The number of anilines is 1. The molecule has 12 heteroatoms. The van der Waals surface area contributed by atoms with Crippen LogP contribution in [-0.2, 0) is 21.2 Å². The van der Waals surface area contributed by atoms with Gasteiger partial charge in [-0.25, -0.2) is 22.5 Å². The molecular weight excluding hydrogens is 505 g/mol. The molecule has 0 bridgehead atoms. The second-order valence-electron chi connectivity index (χ2n) is 8.86. The predicted octanol–water partition coefficient (Wildman–Crippen LogP) is 2.66. The fourth-order valence-electron chi connectivity index (χ4n) is 4.52. The highest BCUT2D eigenvalue weighted by atomic mass is 32.2. The maximum atomic E-state index is 14.6. The molecule has 2 N–H and O–H groups in total. The van der Waals surface area contributed by atoms with Crippen LogP contribution in [0.1, 0.15) is 12.0 Å². The van der Waals surface area contributed by atoms with E-state index in [1.165, 1.54) is 31.1 Å². The van der Waals surface area contributed by atoms with Gasteiger partial charge in [-0.1, -0.05) is 0 Å². The Balaban J connectivity index is 1.18. The third kappa shape index (κ3) is 5.31. The highest BCUT2D eigenvalue weighted by Gasteiger charge is 2.26. The Morgan fingerprint density at radius 3 is 3.00 bits per heavy atom. The van der Waals surface area contributed by atoms with Crippen molar-refractivity contribution in [3.63, 3.8) is 0 Å². The molecule has 0 saturated carbocycles. The number of carbonyl (C=O) groups excluding carboxylic acids is 1. The largest absolute Gasteiger partial charge is 0.481 e. The number of aromatic nitrogens is 2. The molecule has 9 nitrogen and oxygen atoms in total. The topological polar surface area (TPSA) is 114 Å². The maximum absolute atomic E-state index is 14.6. The van der Waals surface area contributed by atoms with Gasteiger partial charge >= 0.3 is 0 Å². The van der Waals surface area contributed by atoms with Crippen LogP contribution >= 0.6 is 11.8 Å². The third-order valence-electron chi connectivity index (χ3n) is 6.45. The smallest absolute Gasteiger partial charge is 0.240 e. The van der Waals surface area contributed by atoms with Gasteiger partial charge in [0.15, 0.2) is 0 Å². The number of thioether (sulfide) groups is 1. The lowest BCUT2D eigenvalue weighted by Crippen LogP contribution is -2.31. The molecule has 1 fully saturated rings. The van der Waals surface area contributed by atoms with Gasteiger partial charge in [0.2, 0.25) is 21.8 Å². The summed E-state index contributed by atoms with van der Waals surface area (Å²) in [6.07, 6.45) is 2.52. The monoisotopic (exact) mass is 531 g/mol. The molecule has 0 radical (unpaired) electrons. The third-order valence-corrected chi connectivity index (χ3v) is 8.95. The van der Waals surface area contributed by atoms with Crippen LogP contribution in [-0.4, -0.2) is 68.2 Å². The summed E-state index contributed by atoms with van der Waals surface area (Å²) in [5, 5.41) is 2.72. The summed E-state index contributed by atoms with van der Waals surface area (Å²) < 4.78 is 48.2. The Bertz CT molecular complexity index is 1420. The molecule has 2 aliphatic heterocycles. The van der Waals surface area contributed by atoms with E-state index in [4.69, 9.17) is 4.74 Å². The first kappa shape index (κ1) is 24.9. The summed E-state index contributed by atoms with van der Waals surface area (Å²) >= 11 is 1.39. The van der Waals surface area contributed by atoms with Crippen molar-refractivity contribution in [1.29, 1.82) is 0 Å². The zero-order chi connectivity index (χ0) is 25.3. The van der Waals surface area contributed by atoms with Crippen LogP contribution in [0.4, 0.5) is 10.1 Å². The Morgan fingerprint density at radius 1 is 1.31 bits per heavy atom. The van der Waals surface area contributed by atoms with Gasteiger partial charge in [0.05, 0.1) is 40.7 Å². The minimum atomic E-state index is -3.71. The normalized spacial score (nSPS) is 18.3. The average Bonchev–Trinajstić information content (AvgIpc) is 3.34. The molecule has 1 amide bonds. The predicted molar refractivity (Wildman–Crippen MR) is 135 cm³/mol. The molecular formula is C24H26FN5O4S2. The zero-order valence-corrected chi connectivity index (χ0v) is 21.3. The van der Waals surface area contributed by atoms with Gasteiger partial charge < -0.3 is 15.0 Å². The number of hydrogen-bond donors (Lipinski definition) is 2. The highest BCUT2D eigenvalue weighted by molar-refractivity contribution is 8.00. The number of likely N-dealkylation sites (tertiary alicyclic amines) is 1. The molecule has 0 unspecified atom stereocenters. The Labute approximate surface area is 212 Å². The number of rotatable bonds is 8. The minimum Gasteiger partial charge on any atom is -0.481 e. The molecule has 1 aromatic carbocycles. The van der Waals surface area contributed by atoms with Crippen LogP contribution in [0.5, 0.6) is 5.88 Å². The van der Waals surface area contributed by atoms with Crippen LogP contribution < -0.4 is 14.8 Å². The molecule has 4 heterocycles. The first-order valence-corrected chi connectivity index (χ1v) is 14.1. The van der Waals surface area contributed by atoms with Crippen molar-refractivity contribution in [3.8, 4) is 5.88 Å². The number of nitrogens with zero attached hydrogens (tertiary/aromatic N) is 3. The fraction of sp³-hybridized carbons (Fsp3) is 0.375. The fourth-order valence-corrected chi connectivity index (χ4v) is 6.45. The van der Waals surface area contributed by atoms with Gasteiger partial charge in [-0.05, 0) is 49.6 Å². The zero-order valence-electron chi connectivity index (χ0n) is 19.7. The number of pyridine rings is 2. The first-order valence-electron chi connectivity index (χ1n) is 11.6. The lowest BCUT2D eigenvalue weighted by atomic mass is 10.1. The van der Waals surface area contributed by atoms with Crippen LogP contribution in [0.2, 0.25) is 0 Å². The Hall–Kier alpha value is -2.80. The van der Waals surface area contributed by atoms with Crippen molar-refractivity contribution in [2.24, 2.45) is 5.92 Å². The van der Waals surface area contributed by atoms with E-state index in [0.717, 1.165) is 17.9 Å². The van der Waals surface area contributed by atoms with Gasteiger partial charge in [-0.2, -0.15) is 0 Å². The number of methoxy groups -OCH3 is 1. The van der Waals surface area contributed by atoms with Crippen LogP contribution in [0.3, 0.4) is 0 Å². The van der Waals surface area contributed by atoms with E-state index in [1.54, 1.807) is 24.3 Å². The number of amides is 1. The molecule has 3 aromatic rings. The summed E-state index contributed by atoms with van der Waals surface area (Å²) in [4.78, 5) is 23.3. The number of benzene rings is 1. The summed E-state index contributed by atoms with van der Waals surface area (Å²) in [5.74, 6) is 0.334. The van der Waals surface area contributed by atoms with Crippen molar-refractivity contribution in [2.75, 3.05) is 44.4 Å². The summed E-state index contributed by atoms with van der Waals surface area (Å²) in [6, 6.07) is 8.24. The standard InChI is InChI=1S/C24H26FN5O4S2/c1-34-23-5-3-19-24(29-23)17(18(25)12-26-19)7-9-30-8-6-15(13-30)11-27-36(32,33)16-2-4-21-20(10-16)28-22(31)14-35-21/h2-5,10,12,15,27H,6-9,11,13-14H2,1H3,(H,28,31)/t15-/m0/s1. The highest BCUT2D eigenvalue weighted by Crippen LogP contribution is 2.33. The SMILES string of the molecule is COc1ccc2ncc(F)c(CCN3CC[C@@H](CNS(=O)(=O)c4ccc5c(c4)NC(=O)CS5)C3)c2n1. The van der Waals surface area contributed by atoms with E-state index in [2.05, 4.69) is 24.9 Å². The molecule has 0 spiro atoms. The Morgan fingerprint density at radius 2 is 2.17 bits per heavy atom. The summed E-state index contributed by atoms with van der Waals surface area (Å²) in [5.41, 5.74) is 2.13. The quantitative estimate of drug-likeness (QED) is 0.456. The van der Waals surface area contributed by atoms with E-state index >= 15 is 0 Å². The molecule has 1 atom stereocenters. The lowest BCUT2D eigenvalue weighted by Gasteiger charge is -2.18. The average molecular weight is 532 g/mol. The minimum absolute atomic E-state index is 0.127. The van der Waals surface area contributed by atoms with Crippen molar-refractivity contribution < 1.29 is 22.3 Å². The molecule has 5 rings (SSSR count). The van der Waals surface area contributed by atoms with E-state index in [9.17, 15) is 17.6 Å². The second-order valence-corrected chi connectivity index (χ2v) is 11.6. The number of carbonyl (C=O) groups is 1. The van der Waals surface area contributed by atoms with Gasteiger partial charge in [0.1, 0.15) is 5.82 Å². The molecule has 36 heavy (non-hydrogen) atoms. The summed E-state index contributed by atoms with van der Waals surface area (Å²) in [7, 11) is -2.20. The van der Waals surface area contributed by atoms with Gasteiger partial charge in [0, 0.05) is 36.2 Å². The number of ether oxygens (including phenoxy) is 1. The van der Waals surface area contributed by atoms with E-state index in [1.807, 2.05) is 0 Å². The van der Waals surface area contributed by atoms with Crippen molar-refractivity contribution in [1.82, 2.24) is 19.6 Å². The molecule has 0 aliphatic carbocycles. The van der Waals surface area contributed by atoms with Gasteiger partial charge in [-0.15, -0.1) is 11.8 Å². The number of sulfonamides is 1. The maximum Gasteiger partial charge on any atom is 0.240 e. The second kappa shape index (κ2) is 10.3. The number of fused-ring (bicyclic) bond motifs is 2. The first-order chi connectivity index (χ1) is 17.3. The van der Waals surface area contributed by atoms with Crippen LogP contribution in [0, 0.1) is 11.7 Å². The molecule has 190 valence electrons. The van der Waals surface area contributed by atoms with E-state index in [-0.39, 0.29) is 16.7 Å². The van der Waals surface area contributed by atoms with Crippen molar-refractivity contribution in [3.05, 3.63) is 47.9 Å². The van der Waals surface area contributed by atoms with Gasteiger partial charge in [0.25, 0.3) is 0 Å². The lowest BCUT2D eigenvalue weighted by molar-refractivity contribution is -0.113. The van der Waals surface area contributed by atoms with Crippen LogP contribution in [0.15, 0.2) is 46.3 Å². The number of halogens is 1. The van der Waals surface area contributed by atoms with E-state index in [0.29, 0.717) is 60.0 Å². The summed E-state index contributed by atoms with van der Waals surface area (Å²) in [6.45, 7) is 2.44.